The average molecular weight is 219 g/mol. The van der Waals surface area contributed by atoms with Crippen molar-refractivity contribution < 1.29 is 9.90 Å². The van der Waals surface area contributed by atoms with Crippen LogP contribution in [-0.4, -0.2) is 17.6 Å². The van der Waals surface area contributed by atoms with Crippen molar-refractivity contribution in [1.29, 1.82) is 0 Å². The van der Waals surface area contributed by atoms with Gasteiger partial charge in [-0.1, -0.05) is 43.3 Å². The fourth-order valence-electron chi connectivity index (χ4n) is 1.75. The fraction of sp³-hybridized carbons (Fsp3) is 0.308. The van der Waals surface area contributed by atoms with Gasteiger partial charge in [0, 0.05) is 6.54 Å². The van der Waals surface area contributed by atoms with E-state index < -0.39 is 11.5 Å². The average Bonchev–Trinajstić information content (AvgIpc) is 2.31. The minimum absolute atomic E-state index is 0.467. The van der Waals surface area contributed by atoms with Gasteiger partial charge in [0.25, 0.3) is 0 Å². The molecule has 2 N–H and O–H groups in total. The van der Waals surface area contributed by atoms with Gasteiger partial charge in [-0.15, -0.1) is 6.58 Å². The summed E-state index contributed by atoms with van der Waals surface area (Å²) in [6, 6.07) is 9.22. The number of benzene rings is 1. The highest BCUT2D eigenvalue weighted by molar-refractivity contribution is 5.80. The van der Waals surface area contributed by atoms with E-state index in [0.29, 0.717) is 13.0 Å². The van der Waals surface area contributed by atoms with Gasteiger partial charge in [0.05, 0.1) is 0 Å². The molecule has 1 rings (SSSR count). The van der Waals surface area contributed by atoms with E-state index in [2.05, 4.69) is 11.9 Å². The van der Waals surface area contributed by atoms with Gasteiger partial charge in [0.15, 0.2) is 0 Å². The van der Waals surface area contributed by atoms with Gasteiger partial charge in [-0.05, 0) is 12.0 Å². The second-order valence-electron chi connectivity index (χ2n) is 3.60. The maximum atomic E-state index is 11.5. The Bertz CT molecular complexity index is 361. The molecule has 0 fully saturated rings. The normalized spacial score (nSPS) is 14.1. The van der Waals surface area contributed by atoms with Gasteiger partial charge in [0.1, 0.15) is 5.54 Å². The zero-order chi connectivity index (χ0) is 12.0. The van der Waals surface area contributed by atoms with Crippen molar-refractivity contribution in [3.05, 3.63) is 48.6 Å². The SMILES string of the molecule is C=CCNC(CC)(C(=O)O)c1ccccc1. The third-order valence-electron chi connectivity index (χ3n) is 2.71. The van der Waals surface area contributed by atoms with Crippen molar-refractivity contribution in [2.24, 2.45) is 0 Å². The van der Waals surface area contributed by atoms with Crippen LogP contribution in [0.25, 0.3) is 0 Å². The van der Waals surface area contributed by atoms with Crippen LogP contribution in [0.5, 0.6) is 0 Å². The Hall–Kier alpha value is -1.61. The zero-order valence-electron chi connectivity index (χ0n) is 9.44. The zero-order valence-corrected chi connectivity index (χ0v) is 9.44. The molecule has 1 aromatic rings. The van der Waals surface area contributed by atoms with Crippen LogP contribution < -0.4 is 5.32 Å². The highest BCUT2D eigenvalue weighted by Gasteiger charge is 2.37. The van der Waals surface area contributed by atoms with E-state index in [9.17, 15) is 9.90 Å². The Balaban J connectivity index is 3.12. The van der Waals surface area contributed by atoms with E-state index >= 15 is 0 Å². The van der Waals surface area contributed by atoms with Crippen LogP contribution in [-0.2, 0) is 10.3 Å². The van der Waals surface area contributed by atoms with Crippen molar-refractivity contribution in [2.45, 2.75) is 18.9 Å². The van der Waals surface area contributed by atoms with Crippen molar-refractivity contribution >= 4 is 5.97 Å². The predicted molar refractivity (Wildman–Crippen MR) is 64.2 cm³/mol. The van der Waals surface area contributed by atoms with Crippen molar-refractivity contribution in [3.8, 4) is 0 Å². The summed E-state index contributed by atoms with van der Waals surface area (Å²) in [7, 11) is 0. The number of carboxylic acid groups (broad SMARTS) is 1. The molecule has 0 saturated heterocycles. The Morgan fingerprint density at radius 1 is 1.50 bits per heavy atom. The third-order valence-corrected chi connectivity index (χ3v) is 2.71. The van der Waals surface area contributed by atoms with Crippen LogP contribution in [0.3, 0.4) is 0 Å². The van der Waals surface area contributed by atoms with Crippen molar-refractivity contribution in [3.63, 3.8) is 0 Å². The maximum absolute atomic E-state index is 11.5. The molecule has 0 heterocycles. The Morgan fingerprint density at radius 2 is 2.12 bits per heavy atom. The molecule has 0 radical (unpaired) electrons. The molecule has 16 heavy (non-hydrogen) atoms. The van der Waals surface area contributed by atoms with E-state index in [1.165, 1.54) is 0 Å². The summed E-state index contributed by atoms with van der Waals surface area (Å²) >= 11 is 0. The highest BCUT2D eigenvalue weighted by Crippen LogP contribution is 2.25. The van der Waals surface area contributed by atoms with Crippen molar-refractivity contribution in [1.82, 2.24) is 5.32 Å². The number of rotatable bonds is 6. The lowest BCUT2D eigenvalue weighted by Crippen LogP contribution is -2.48. The van der Waals surface area contributed by atoms with Gasteiger partial charge in [-0.25, -0.2) is 4.79 Å². The number of carboxylic acids is 1. The molecule has 1 atom stereocenters. The molecule has 0 aliphatic carbocycles. The molecule has 3 heteroatoms. The third kappa shape index (κ3) is 2.31. The molecule has 1 unspecified atom stereocenters. The highest BCUT2D eigenvalue weighted by atomic mass is 16.4. The molecule has 0 aliphatic heterocycles. The van der Waals surface area contributed by atoms with Gasteiger partial charge < -0.3 is 5.11 Å². The van der Waals surface area contributed by atoms with E-state index in [4.69, 9.17) is 0 Å². The smallest absolute Gasteiger partial charge is 0.328 e. The monoisotopic (exact) mass is 219 g/mol. The van der Waals surface area contributed by atoms with Crippen molar-refractivity contribution in [2.75, 3.05) is 6.54 Å². The summed E-state index contributed by atoms with van der Waals surface area (Å²) < 4.78 is 0. The number of hydrogen-bond acceptors (Lipinski definition) is 2. The van der Waals surface area contributed by atoms with Crippen LogP contribution in [0, 0.1) is 0 Å². The molecule has 0 saturated carbocycles. The quantitative estimate of drug-likeness (QED) is 0.721. The minimum Gasteiger partial charge on any atom is -0.480 e. The second-order valence-corrected chi connectivity index (χ2v) is 3.60. The van der Waals surface area contributed by atoms with E-state index in [-0.39, 0.29) is 0 Å². The molecule has 1 aromatic carbocycles. The second kappa shape index (κ2) is 5.47. The van der Waals surface area contributed by atoms with E-state index in [1.807, 2.05) is 37.3 Å². The first-order valence-corrected chi connectivity index (χ1v) is 5.32. The van der Waals surface area contributed by atoms with Crippen LogP contribution >= 0.6 is 0 Å². The molecule has 86 valence electrons. The van der Waals surface area contributed by atoms with Crippen LogP contribution in [0.2, 0.25) is 0 Å². The standard InChI is InChI=1S/C13H17NO2/c1-3-10-14-13(4-2,12(15)16)11-8-6-5-7-9-11/h3,5-9,14H,1,4,10H2,2H3,(H,15,16). The van der Waals surface area contributed by atoms with Gasteiger partial charge in [0.2, 0.25) is 0 Å². The Labute approximate surface area is 95.8 Å². The Morgan fingerprint density at radius 3 is 2.56 bits per heavy atom. The van der Waals surface area contributed by atoms with E-state index in [1.54, 1.807) is 6.08 Å². The maximum Gasteiger partial charge on any atom is 0.328 e. The lowest BCUT2D eigenvalue weighted by atomic mass is 9.87. The summed E-state index contributed by atoms with van der Waals surface area (Å²) in [6.45, 7) is 5.92. The fourth-order valence-corrected chi connectivity index (χ4v) is 1.75. The van der Waals surface area contributed by atoms with Crippen LogP contribution in [0.1, 0.15) is 18.9 Å². The summed E-state index contributed by atoms with van der Waals surface area (Å²) in [5.41, 5.74) is -0.248. The number of aliphatic carboxylic acids is 1. The first-order valence-electron chi connectivity index (χ1n) is 5.32. The number of hydrogen-bond donors (Lipinski definition) is 2. The lowest BCUT2D eigenvalue weighted by molar-refractivity contribution is -0.145. The molecule has 3 nitrogen and oxygen atoms in total. The van der Waals surface area contributed by atoms with E-state index in [0.717, 1.165) is 5.56 Å². The predicted octanol–water partition coefficient (Wildman–Crippen LogP) is 2.15. The molecule has 0 aliphatic rings. The van der Waals surface area contributed by atoms with Gasteiger partial charge in [-0.3, -0.25) is 5.32 Å². The summed E-state index contributed by atoms with van der Waals surface area (Å²) in [6.07, 6.45) is 2.15. The molecular formula is C13H17NO2. The van der Waals surface area contributed by atoms with Gasteiger partial charge >= 0.3 is 5.97 Å². The summed E-state index contributed by atoms with van der Waals surface area (Å²) in [5, 5.41) is 12.4. The first kappa shape index (κ1) is 12.5. The lowest BCUT2D eigenvalue weighted by Gasteiger charge is -2.29. The molecule has 0 spiro atoms. The number of carbonyl (C=O) groups is 1. The molecular weight excluding hydrogens is 202 g/mol. The first-order chi connectivity index (χ1) is 7.67. The van der Waals surface area contributed by atoms with Crippen LogP contribution in [0.15, 0.2) is 43.0 Å². The van der Waals surface area contributed by atoms with Crippen LogP contribution in [0.4, 0.5) is 0 Å². The topological polar surface area (TPSA) is 49.3 Å². The molecule has 0 bridgehead atoms. The summed E-state index contributed by atoms with van der Waals surface area (Å²) in [5.74, 6) is -0.858. The molecule has 0 amide bonds. The largest absolute Gasteiger partial charge is 0.480 e. The Kier molecular flexibility index (Phi) is 4.26. The minimum atomic E-state index is -1.02. The summed E-state index contributed by atoms with van der Waals surface area (Å²) in [4.78, 5) is 11.5. The number of nitrogens with one attached hydrogen (secondary N) is 1. The van der Waals surface area contributed by atoms with Gasteiger partial charge in [-0.2, -0.15) is 0 Å². The molecule has 0 aromatic heterocycles.